The van der Waals surface area contributed by atoms with Crippen molar-refractivity contribution in [1.29, 1.82) is 0 Å². The van der Waals surface area contributed by atoms with Crippen LogP contribution in [0.1, 0.15) is 98.3 Å². The van der Waals surface area contributed by atoms with Crippen molar-refractivity contribution in [2.75, 3.05) is 0 Å². The molecule has 0 aliphatic heterocycles. The molecule has 0 bridgehead atoms. The minimum absolute atomic E-state index is 0. The fourth-order valence-electron chi connectivity index (χ4n) is 6.66. The summed E-state index contributed by atoms with van der Waals surface area (Å²) in [5.41, 5.74) is 4.72. The van der Waals surface area contributed by atoms with Gasteiger partial charge in [-0.1, -0.05) is 76.8 Å². The Morgan fingerprint density at radius 2 is 1.86 bits per heavy atom. The minimum atomic E-state index is -0.172. The first-order valence-corrected chi connectivity index (χ1v) is 12.1. The largest absolute Gasteiger partial charge is 0.393 e. The number of rotatable bonds is 6. The van der Waals surface area contributed by atoms with Crippen LogP contribution in [-0.2, 0) is 0 Å². The summed E-state index contributed by atoms with van der Waals surface area (Å²) in [5, 5.41) is 10.0. The van der Waals surface area contributed by atoms with Gasteiger partial charge in [-0.2, -0.15) is 0 Å². The molecule has 0 heterocycles. The van der Waals surface area contributed by atoms with Crippen LogP contribution in [0.3, 0.4) is 0 Å². The SMILES string of the molecule is C=C1CC[C@H](O)C/C1=C/C=C1\CCC[C@@]2(C)C1CC[C@@H]2[C@H](C)CCCC(C)C.Cl. The molecule has 1 N–H and O–H groups in total. The number of halogens is 1. The Kier molecular flexibility index (Phi) is 9.10. The van der Waals surface area contributed by atoms with Crippen molar-refractivity contribution in [3.63, 3.8) is 0 Å². The van der Waals surface area contributed by atoms with Gasteiger partial charge in [0, 0.05) is 0 Å². The minimum Gasteiger partial charge on any atom is -0.393 e. The molecule has 5 atom stereocenters. The standard InChI is InChI=1S/C27H44O.ClH/c1-19(2)8-6-9-21(4)25-15-16-26-22(10-7-17-27(25,26)5)12-13-23-18-24(28)14-11-20(23)3;/h12-13,19,21,24-26,28H,3,6-11,14-18H2,1-2,4-5H3;1H/b22-12+,23-13-;/t21-,24+,25-,26?,27-;/m1./s1. The third-order valence-electron chi connectivity index (χ3n) is 8.35. The highest BCUT2D eigenvalue weighted by molar-refractivity contribution is 5.85. The van der Waals surface area contributed by atoms with Gasteiger partial charge in [-0.3, -0.25) is 0 Å². The van der Waals surface area contributed by atoms with Crippen molar-refractivity contribution in [2.45, 2.75) is 104 Å². The maximum atomic E-state index is 10.0. The van der Waals surface area contributed by atoms with Crippen LogP contribution < -0.4 is 0 Å². The molecule has 3 aliphatic rings. The lowest BCUT2D eigenvalue weighted by Gasteiger charge is -2.44. The van der Waals surface area contributed by atoms with Crippen molar-refractivity contribution >= 4 is 12.4 Å². The number of aliphatic hydroxyl groups excluding tert-OH is 1. The number of hydrogen-bond donors (Lipinski definition) is 1. The molecule has 1 unspecified atom stereocenters. The van der Waals surface area contributed by atoms with Gasteiger partial charge in [0.05, 0.1) is 6.10 Å². The zero-order chi connectivity index (χ0) is 20.3. The van der Waals surface area contributed by atoms with Crippen LogP contribution in [0.2, 0.25) is 0 Å². The van der Waals surface area contributed by atoms with E-state index in [4.69, 9.17) is 0 Å². The summed E-state index contributed by atoms with van der Waals surface area (Å²) >= 11 is 0. The van der Waals surface area contributed by atoms with Crippen LogP contribution in [0.4, 0.5) is 0 Å². The van der Waals surface area contributed by atoms with Crippen molar-refractivity contribution in [2.24, 2.45) is 29.1 Å². The Labute approximate surface area is 186 Å². The quantitative estimate of drug-likeness (QED) is 0.460. The predicted molar refractivity (Wildman–Crippen MR) is 128 cm³/mol. The fraction of sp³-hybridized carbons (Fsp3) is 0.778. The normalized spacial score (nSPS) is 36.3. The Morgan fingerprint density at radius 3 is 2.59 bits per heavy atom. The van der Waals surface area contributed by atoms with Gasteiger partial charge in [0.2, 0.25) is 0 Å². The Morgan fingerprint density at radius 1 is 1.10 bits per heavy atom. The maximum absolute atomic E-state index is 10.0. The highest BCUT2D eigenvalue weighted by atomic mass is 35.5. The summed E-state index contributed by atoms with van der Waals surface area (Å²) in [6.45, 7) is 14.1. The zero-order valence-corrected chi connectivity index (χ0v) is 20.2. The van der Waals surface area contributed by atoms with E-state index >= 15 is 0 Å². The van der Waals surface area contributed by atoms with E-state index in [9.17, 15) is 5.11 Å². The summed E-state index contributed by atoms with van der Waals surface area (Å²) in [4.78, 5) is 0. The molecule has 0 radical (unpaired) electrons. The summed E-state index contributed by atoms with van der Waals surface area (Å²) in [6, 6.07) is 0. The van der Waals surface area contributed by atoms with Crippen LogP contribution in [0.15, 0.2) is 35.5 Å². The lowest BCUT2D eigenvalue weighted by Crippen LogP contribution is -2.36. The molecule has 0 aromatic heterocycles. The number of allylic oxidation sites excluding steroid dienone is 4. The lowest BCUT2D eigenvalue weighted by molar-refractivity contribution is 0.0929. The van der Waals surface area contributed by atoms with E-state index in [0.717, 1.165) is 42.9 Å². The predicted octanol–water partition coefficient (Wildman–Crippen LogP) is 8.04. The summed E-state index contributed by atoms with van der Waals surface area (Å²) in [6.07, 6.45) is 18.2. The molecule has 3 aliphatic carbocycles. The molecular formula is C27H45ClO. The van der Waals surface area contributed by atoms with Gasteiger partial charge in [-0.05, 0) is 86.0 Å². The summed E-state index contributed by atoms with van der Waals surface area (Å²) in [5.74, 6) is 3.37. The first-order chi connectivity index (χ1) is 13.3. The highest BCUT2D eigenvalue weighted by Gasteiger charge is 2.50. The van der Waals surface area contributed by atoms with Gasteiger partial charge in [-0.15, -0.1) is 12.4 Å². The molecule has 3 rings (SSSR count). The van der Waals surface area contributed by atoms with Crippen molar-refractivity contribution < 1.29 is 5.11 Å². The first-order valence-electron chi connectivity index (χ1n) is 12.1. The molecular weight excluding hydrogens is 376 g/mol. The van der Waals surface area contributed by atoms with Gasteiger partial charge < -0.3 is 5.11 Å². The second kappa shape index (κ2) is 10.7. The third kappa shape index (κ3) is 5.79. The maximum Gasteiger partial charge on any atom is 0.0583 e. The lowest BCUT2D eigenvalue weighted by atomic mass is 9.60. The van der Waals surface area contributed by atoms with Crippen LogP contribution in [0.25, 0.3) is 0 Å². The third-order valence-corrected chi connectivity index (χ3v) is 8.35. The fourth-order valence-corrected chi connectivity index (χ4v) is 6.66. The molecule has 3 saturated carbocycles. The average Bonchev–Trinajstić information content (AvgIpc) is 2.99. The van der Waals surface area contributed by atoms with Crippen LogP contribution in [0.5, 0.6) is 0 Å². The monoisotopic (exact) mass is 420 g/mol. The van der Waals surface area contributed by atoms with Gasteiger partial charge in [0.15, 0.2) is 0 Å². The van der Waals surface area contributed by atoms with E-state index in [1.807, 2.05) is 0 Å². The van der Waals surface area contributed by atoms with Crippen LogP contribution in [-0.4, -0.2) is 11.2 Å². The summed E-state index contributed by atoms with van der Waals surface area (Å²) < 4.78 is 0. The number of fused-ring (bicyclic) bond motifs is 1. The van der Waals surface area contributed by atoms with Gasteiger partial charge >= 0.3 is 0 Å². The van der Waals surface area contributed by atoms with Crippen molar-refractivity contribution in [3.8, 4) is 0 Å². The smallest absolute Gasteiger partial charge is 0.0583 e. The Hall–Kier alpha value is -0.530. The van der Waals surface area contributed by atoms with Crippen molar-refractivity contribution in [3.05, 3.63) is 35.5 Å². The number of aliphatic hydroxyl groups is 1. The van der Waals surface area contributed by atoms with E-state index in [1.54, 1.807) is 5.57 Å². The first kappa shape index (κ1) is 24.7. The second-order valence-corrected chi connectivity index (χ2v) is 10.8. The van der Waals surface area contributed by atoms with Gasteiger partial charge in [-0.25, -0.2) is 0 Å². The highest BCUT2D eigenvalue weighted by Crippen LogP contribution is 2.59. The molecule has 0 amide bonds. The van der Waals surface area contributed by atoms with Crippen LogP contribution >= 0.6 is 12.4 Å². The van der Waals surface area contributed by atoms with E-state index in [2.05, 4.69) is 46.4 Å². The molecule has 0 aromatic carbocycles. The topological polar surface area (TPSA) is 20.2 Å². The van der Waals surface area contributed by atoms with E-state index in [-0.39, 0.29) is 18.5 Å². The molecule has 166 valence electrons. The van der Waals surface area contributed by atoms with Gasteiger partial charge in [0.1, 0.15) is 0 Å². The van der Waals surface area contributed by atoms with Crippen LogP contribution in [0, 0.1) is 29.1 Å². The molecule has 29 heavy (non-hydrogen) atoms. The Balaban J connectivity index is 0.00000300. The molecule has 0 aromatic rings. The van der Waals surface area contributed by atoms with E-state index in [0.29, 0.717) is 5.41 Å². The molecule has 0 spiro atoms. The molecule has 0 saturated heterocycles. The van der Waals surface area contributed by atoms with E-state index in [1.165, 1.54) is 62.5 Å². The molecule has 1 nitrogen and oxygen atoms in total. The zero-order valence-electron chi connectivity index (χ0n) is 19.4. The molecule has 2 heteroatoms. The number of hydrogen-bond acceptors (Lipinski definition) is 1. The van der Waals surface area contributed by atoms with Crippen molar-refractivity contribution in [1.82, 2.24) is 0 Å². The Bertz CT molecular complexity index is 616. The summed E-state index contributed by atoms with van der Waals surface area (Å²) in [7, 11) is 0. The second-order valence-electron chi connectivity index (χ2n) is 10.8. The molecule has 3 fully saturated rings. The van der Waals surface area contributed by atoms with Gasteiger partial charge in [0.25, 0.3) is 0 Å². The average molecular weight is 421 g/mol. The van der Waals surface area contributed by atoms with E-state index < -0.39 is 0 Å².